The van der Waals surface area contributed by atoms with Crippen molar-refractivity contribution in [1.82, 2.24) is 5.43 Å². The summed E-state index contributed by atoms with van der Waals surface area (Å²) in [7, 11) is 0. The molecule has 110 valence electrons. The molecule has 1 rings (SSSR count). The number of rotatable bonds is 6. The summed E-state index contributed by atoms with van der Waals surface area (Å²) in [4.78, 5) is 11.6. The van der Waals surface area contributed by atoms with Gasteiger partial charge in [0.05, 0.1) is 0 Å². The van der Waals surface area contributed by atoms with E-state index in [0.717, 1.165) is 22.2 Å². The highest BCUT2D eigenvalue weighted by atomic mass is 79.9. The summed E-state index contributed by atoms with van der Waals surface area (Å²) in [5.74, 6) is 0.940. The number of nitrogens with zero attached hydrogens (tertiary/aromatic N) is 1. The predicted molar refractivity (Wildman–Crippen MR) is 85.1 cm³/mol. The van der Waals surface area contributed by atoms with Crippen LogP contribution in [0, 0.1) is 12.8 Å². The Balaban J connectivity index is 2.41. The molecule has 0 aliphatic heterocycles. The first-order chi connectivity index (χ1) is 9.38. The fraction of sp³-hybridized carbons (Fsp3) is 0.467. The molecule has 4 nitrogen and oxygen atoms in total. The van der Waals surface area contributed by atoms with Crippen molar-refractivity contribution >= 4 is 27.5 Å². The van der Waals surface area contributed by atoms with Gasteiger partial charge in [-0.1, -0.05) is 29.8 Å². The van der Waals surface area contributed by atoms with E-state index in [2.05, 4.69) is 40.3 Å². The highest BCUT2D eigenvalue weighted by molar-refractivity contribution is 9.10. The molecule has 1 N–H and O–H groups in total. The molecule has 20 heavy (non-hydrogen) atoms. The number of carbonyl (C=O) groups is 1. The molecule has 0 saturated carbocycles. The van der Waals surface area contributed by atoms with Gasteiger partial charge in [-0.2, -0.15) is 5.10 Å². The van der Waals surface area contributed by atoms with Gasteiger partial charge in [0.2, 0.25) is 0 Å². The molecule has 0 fully saturated rings. The predicted octanol–water partition coefficient (Wildman–Crippen LogP) is 3.67. The van der Waals surface area contributed by atoms with Crippen LogP contribution >= 0.6 is 15.9 Å². The van der Waals surface area contributed by atoms with Crippen LogP contribution in [0.25, 0.3) is 0 Å². The van der Waals surface area contributed by atoms with E-state index >= 15 is 0 Å². The minimum Gasteiger partial charge on any atom is -0.484 e. The van der Waals surface area contributed by atoms with Crippen LogP contribution in [0.3, 0.4) is 0 Å². The van der Waals surface area contributed by atoms with Gasteiger partial charge < -0.3 is 4.74 Å². The maximum absolute atomic E-state index is 11.6. The fourth-order valence-electron chi connectivity index (χ4n) is 1.68. The van der Waals surface area contributed by atoms with E-state index in [1.165, 1.54) is 0 Å². The first-order valence-corrected chi connectivity index (χ1v) is 7.38. The van der Waals surface area contributed by atoms with Crippen molar-refractivity contribution in [2.24, 2.45) is 11.0 Å². The summed E-state index contributed by atoms with van der Waals surface area (Å²) in [6.07, 6.45) is 0.868. The van der Waals surface area contributed by atoms with Crippen LogP contribution in [-0.2, 0) is 4.79 Å². The summed E-state index contributed by atoms with van der Waals surface area (Å²) >= 11 is 3.42. The van der Waals surface area contributed by atoms with Crippen molar-refractivity contribution in [3.8, 4) is 5.75 Å². The van der Waals surface area contributed by atoms with Gasteiger partial charge in [-0.05, 0) is 49.9 Å². The minimum absolute atomic E-state index is 0.0421. The Morgan fingerprint density at radius 2 is 2.15 bits per heavy atom. The van der Waals surface area contributed by atoms with Crippen LogP contribution in [0.1, 0.15) is 32.8 Å². The molecule has 0 atom stereocenters. The first-order valence-electron chi connectivity index (χ1n) is 6.59. The van der Waals surface area contributed by atoms with Gasteiger partial charge in [0, 0.05) is 10.2 Å². The third kappa shape index (κ3) is 6.19. The lowest BCUT2D eigenvalue weighted by Gasteiger charge is -2.08. The highest BCUT2D eigenvalue weighted by Gasteiger charge is 2.04. The number of hydrogen-bond donors (Lipinski definition) is 1. The van der Waals surface area contributed by atoms with Crippen LogP contribution < -0.4 is 10.2 Å². The number of nitrogens with one attached hydrogen (secondary N) is 1. The SMILES string of the molecule is CC(CC(C)C)=NNC(=O)COc1ccc(Br)c(C)c1. The Bertz CT molecular complexity index is 499. The molecule has 0 saturated heterocycles. The zero-order valence-corrected chi connectivity index (χ0v) is 14.0. The fourth-order valence-corrected chi connectivity index (χ4v) is 1.93. The van der Waals surface area contributed by atoms with Crippen molar-refractivity contribution in [3.05, 3.63) is 28.2 Å². The zero-order chi connectivity index (χ0) is 15.1. The van der Waals surface area contributed by atoms with E-state index in [1.54, 1.807) is 0 Å². The number of amides is 1. The molecule has 0 unspecified atom stereocenters. The lowest BCUT2D eigenvalue weighted by molar-refractivity contribution is -0.123. The Morgan fingerprint density at radius 1 is 1.45 bits per heavy atom. The third-order valence-corrected chi connectivity index (χ3v) is 3.46. The number of aryl methyl sites for hydroxylation is 1. The van der Waals surface area contributed by atoms with E-state index in [0.29, 0.717) is 11.7 Å². The van der Waals surface area contributed by atoms with Crippen molar-refractivity contribution in [1.29, 1.82) is 0 Å². The van der Waals surface area contributed by atoms with Gasteiger partial charge in [0.1, 0.15) is 5.75 Å². The lowest BCUT2D eigenvalue weighted by atomic mass is 10.1. The van der Waals surface area contributed by atoms with E-state index in [-0.39, 0.29) is 12.5 Å². The molecule has 1 aromatic carbocycles. The average molecular weight is 341 g/mol. The first kappa shape index (κ1) is 16.7. The second kappa shape index (κ2) is 8.04. The lowest BCUT2D eigenvalue weighted by Crippen LogP contribution is -2.25. The van der Waals surface area contributed by atoms with Crippen molar-refractivity contribution in [2.45, 2.75) is 34.1 Å². The second-order valence-corrected chi connectivity index (χ2v) is 6.03. The molecule has 5 heteroatoms. The van der Waals surface area contributed by atoms with Crippen molar-refractivity contribution in [3.63, 3.8) is 0 Å². The van der Waals surface area contributed by atoms with Gasteiger partial charge in [-0.15, -0.1) is 0 Å². The standard InChI is InChI=1S/C15H21BrN2O2/c1-10(2)7-12(4)17-18-15(19)9-20-13-5-6-14(16)11(3)8-13/h5-6,8,10H,7,9H2,1-4H3,(H,18,19). The Labute approximate surface area is 128 Å². The Morgan fingerprint density at radius 3 is 2.75 bits per heavy atom. The molecule has 0 spiro atoms. The molecule has 1 aromatic rings. The van der Waals surface area contributed by atoms with Gasteiger partial charge in [-0.25, -0.2) is 5.43 Å². The Hall–Kier alpha value is -1.36. The molecule has 0 radical (unpaired) electrons. The van der Waals surface area contributed by atoms with Crippen LogP contribution in [0.4, 0.5) is 0 Å². The minimum atomic E-state index is -0.256. The van der Waals surface area contributed by atoms with Crippen molar-refractivity contribution < 1.29 is 9.53 Å². The van der Waals surface area contributed by atoms with E-state index in [9.17, 15) is 4.79 Å². The summed E-state index contributed by atoms with van der Waals surface area (Å²) < 4.78 is 6.43. The van der Waals surface area contributed by atoms with E-state index < -0.39 is 0 Å². The topological polar surface area (TPSA) is 50.7 Å². The maximum Gasteiger partial charge on any atom is 0.277 e. The number of hydrogen-bond acceptors (Lipinski definition) is 3. The largest absolute Gasteiger partial charge is 0.484 e. The Kier molecular flexibility index (Phi) is 6.71. The quantitative estimate of drug-likeness (QED) is 0.634. The van der Waals surface area contributed by atoms with Crippen LogP contribution in [0.15, 0.2) is 27.8 Å². The van der Waals surface area contributed by atoms with E-state index in [1.807, 2.05) is 32.0 Å². The summed E-state index contributed by atoms with van der Waals surface area (Å²) in [6, 6.07) is 5.59. The molecule has 1 amide bonds. The molecule has 0 aromatic heterocycles. The molecule has 0 aliphatic rings. The molecule has 0 aliphatic carbocycles. The molecular formula is C15H21BrN2O2. The van der Waals surface area contributed by atoms with Gasteiger partial charge in [0.15, 0.2) is 6.61 Å². The number of halogens is 1. The number of ether oxygens (including phenoxy) is 1. The second-order valence-electron chi connectivity index (χ2n) is 5.18. The van der Waals surface area contributed by atoms with Crippen molar-refractivity contribution in [2.75, 3.05) is 6.61 Å². The van der Waals surface area contributed by atoms with Crippen LogP contribution in [-0.4, -0.2) is 18.2 Å². The summed E-state index contributed by atoms with van der Waals surface area (Å²) in [5, 5.41) is 4.04. The molecular weight excluding hydrogens is 320 g/mol. The number of carbonyl (C=O) groups excluding carboxylic acids is 1. The van der Waals surface area contributed by atoms with Gasteiger partial charge >= 0.3 is 0 Å². The van der Waals surface area contributed by atoms with E-state index in [4.69, 9.17) is 4.74 Å². The maximum atomic E-state index is 11.6. The number of benzene rings is 1. The zero-order valence-electron chi connectivity index (χ0n) is 12.4. The normalized spacial score (nSPS) is 11.6. The van der Waals surface area contributed by atoms with Crippen LogP contribution in [0.2, 0.25) is 0 Å². The van der Waals surface area contributed by atoms with Gasteiger partial charge in [-0.3, -0.25) is 4.79 Å². The summed E-state index contributed by atoms with van der Waals surface area (Å²) in [6.45, 7) is 8.05. The average Bonchev–Trinajstić information content (AvgIpc) is 2.37. The highest BCUT2D eigenvalue weighted by Crippen LogP contribution is 2.21. The number of hydrazone groups is 1. The smallest absolute Gasteiger partial charge is 0.277 e. The third-order valence-electron chi connectivity index (χ3n) is 2.57. The van der Waals surface area contributed by atoms with Gasteiger partial charge in [0.25, 0.3) is 5.91 Å². The molecule has 0 bridgehead atoms. The monoisotopic (exact) mass is 340 g/mol. The van der Waals surface area contributed by atoms with Crippen LogP contribution in [0.5, 0.6) is 5.75 Å². The summed E-state index contributed by atoms with van der Waals surface area (Å²) in [5.41, 5.74) is 4.47. The molecule has 0 heterocycles.